The van der Waals surface area contributed by atoms with Gasteiger partial charge in [-0.25, -0.2) is 8.78 Å². The Morgan fingerprint density at radius 1 is 1.31 bits per heavy atom. The van der Waals surface area contributed by atoms with Crippen LogP contribution in [0.4, 0.5) is 8.78 Å². The highest BCUT2D eigenvalue weighted by Gasteiger charge is 2.42. The predicted molar refractivity (Wildman–Crippen MR) is 60.3 cm³/mol. The standard InChI is InChI=1S/C13H17F2N/c1-9(2)13(14,15)11-5-3-4-10(8-11)12(16)6-7-12/h3-5,8-9H,6-7,16H2,1-2H3. The maximum absolute atomic E-state index is 13.8. The Morgan fingerprint density at radius 2 is 1.94 bits per heavy atom. The van der Waals surface area contributed by atoms with E-state index in [1.54, 1.807) is 12.1 Å². The van der Waals surface area contributed by atoms with Crippen LogP contribution in [0.3, 0.4) is 0 Å². The first-order valence-electron chi connectivity index (χ1n) is 5.64. The molecule has 0 radical (unpaired) electrons. The van der Waals surface area contributed by atoms with Gasteiger partial charge in [-0.1, -0.05) is 32.0 Å². The number of nitrogens with two attached hydrogens (primary N) is 1. The molecule has 0 unspecified atom stereocenters. The number of alkyl halides is 2. The molecule has 1 fully saturated rings. The van der Waals surface area contributed by atoms with Crippen LogP contribution >= 0.6 is 0 Å². The third kappa shape index (κ3) is 1.84. The molecule has 1 aliphatic rings. The fourth-order valence-electron chi connectivity index (χ4n) is 1.79. The van der Waals surface area contributed by atoms with Crippen molar-refractivity contribution < 1.29 is 8.78 Å². The Hall–Kier alpha value is -0.960. The molecule has 0 aliphatic heterocycles. The minimum Gasteiger partial charge on any atom is -0.321 e. The van der Waals surface area contributed by atoms with Crippen LogP contribution in [0.1, 0.15) is 37.8 Å². The van der Waals surface area contributed by atoms with Gasteiger partial charge in [-0.3, -0.25) is 0 Å². The Bertz CT molecular complexity index is 395. The van der Waals surface area contributed by atoms with Gasteiger partial charge in [-0.15, -0.1) is 0 Å². The maximum Gasteiger partial charge on any atom is 0.275 e. The predicted octanol–water partition coefficient (Wildman–Crippen LogP) is 3.38. The third-order valence-electron chi connectivity index (χ3n) is 3.34. The van der Waals surface area contributed by atoms with Gasteiger partial charge in [0.15, 0.2) is 0 Å². The van der Waals surface area contributed by atoms with E-state index >= 15 is 0 Å². The summed E-state index contributed by atoms with van der Waals surface area (Å²) in [6, 6.07) is 6.56. The quantitative estimate of drug-likeness (QED) is 0.838. The summed E-state index contributed by atoms with van der Waals surface area (Å²) < 4.78 is 27.7. The van der Waals surface area contributed by atoms with Crippen LogP contribution in [0.15, 0.2) is 24.3 Å². The van der Waals surface area contributed by atoms with Gasteiger partial charge in [0.1, 0.15) is 0 Å². The number of hydrogen-bond acceptors (Lipinski definition) is 1. The molecule has 16 heavy (non-hydrogen) atoms. The van der Waals surface area contributed by atoms with Crippen LogP contribution < -0.4 is 5.73 Å². The normalized spacial score (nSPS) is 18.9. The molecular weight excluding hydrogens is 208 g/mol. The topological polar surface area (TPSA) is 26.0 Å². The number of halogens is 2. The first-order valence-corrected chi connectivity index (χ1v) is 5.64. The molecule has 2 rings (SSSR count). The average molecular weight is 225 g/mol. The SMILES string of the molecule is CC(C)C(F)(F)c1cccc(C2(N)CC2)c1. The monoisotopic (exact) mass is 225 g/mol. The molecule has 1 saturated carbocycles. The summed E-state index contributed by atoms with van der Waals surface area (Å²) in [5.41, 5.74) is 6.59. The zero-order valence-electron chi connectivity index (χ0n) is 9.63. The van der Waals surface area contributed by atoms with Gasteiger partial charge < -0.3 is 5.73 Å². The Labute approximate surface area is 94.7 Å². The van der Waals surface area contributed by atoms with Crippen molar-refractivity contribution in [3.8, 4) is 0 Å². The van der Waals surface area contributed by atoms with E-state index in [9.17, 15) is 8.78 Å². The second-order valence-corrected chi connectivity index (χ2v) is 5.01. The van der Waals surface area contributed by atoms with Crippen LogP contribution in [0.5, 0.6) is 0 Å². The summed E-state index contributed by atoms with van der Waals surface area (Å²) in [4.78, 5) is 0. The van der Waals surface area contributed by atoms with Gasteiger partial charge in [0.05, 0.1) is 0 Å². The summed E-state index contributed by atoms with van der Waals surface area (Å²) in [5, 5.41) is 0. The van der Waals surface area contributed by atoms with Gasteiger partial charge >= 0.3 is 0 Å². The van der Waals surface area contributed by atoms with Gasteiger partial charge in [-0.2, -0.15) is 0 Å². The lowest BCUT2D eigenvalue weighted by Gasteiger charge is -2.22. The minimum absolute atomic E-state index is 0.0803. The maximum atomic E-state index is 13.8. The number of benzene rings is 1. The molecule has 2 N–H and O–H groups in total. The summed E-state index contributed by atoms with van der Waals surface area (Å²) in [6.45, 7) is 3.06. The van der Waals surface area contributed by atoms with Crippen molar-refractivity contribution in [2.24, 2.45) is 11.7 Å². The van der Waals surface area contributed by atoms with Gasteiger partial charge in [0, 0.05) is 17.0 Å². The van der Waals surface area contributed by atoms with Gasteiger partial charge in [0.2, 0.25) is 0 Å². The van der Waals surface area contributed by atoms with Crippen molar-refractivity contribution in [3.63, 3.8) is 0 Å². The molecule has 3 heteroatoms. The lowest BCUT2D eigenvalue weighted by Crippen LogP contribution is -2.23. The minimum atomic E-state index is -2.78. The zero-order chi connectivity index (χ0) is 12.0. The second kappa shape index (κ2) is 3.52. The third-order valence-corrected chi connectivity index (χ3v) is 3.34. The fraction of sp³-hybridized carbons (Fsp3) is 0.538. The molecule has 0 saturated heterocycles. The fourth-order valence-corrected chi connectivity index (χ4v) is 1.79. The van der Waals surface area contributed by atoms with Crippen LogP contribution in [-0.4, -0.2) is 0 Å². The van der Waals surface area contributed by atoms with E-state index in [0.29, 0.717) is 0 Å². The van der Waals surface area contributed by atoms with Crippen molar-refractivity contribution in [3.05, 3.63) is 35.4 Å². The molecule has 0 bridgehead atoms. The summed E-state index contributed by atoms with van der Waals surface area (Å²) >= 11 is 0. The van der Waals surface area contributed by atoms with Crippen molar-refractivity contribution in [1.82, 2.24) is 0 Å². The molecule has 1 aliphatic carbocycles. The molecule has 0 aromatic heterocycles. The van der Waals surface area contributed by atoms with Crippen molar-refractivity contribution >= 4 is 0 Å². The van der Waals surface area contributed by atoms with Crippen molar-refractivity contribution in [2.75, 3.05) is 0 Å². The number of rotatable bonds is 3. The molecule has 1 aromatic rings. The zero-order valence-corrected chi connectivity index (χ0v) is 9.63. The lowest BCUT2D eigenvalue weighted by atomic mass is 9.94. The molecule has 0 spiro atoms. The Morgan fingerprint density at radius 3 is 2.44 bits per heavy atom. The molecule has 1 aromatic carbocycles. The highest BCUT2D eigenvalue weighted by Crippen LogP contribution is 2.44. The van der Waals surface area contributed by atoms with Crippen molar-refractivity contribution in [2.45, 2.75) is 38.2 Å². The van der Waals surface area contributed by atoms with E-state index in [4.69, 9.17) is 5.73 Å². The smallest absolute Gasteiger partial charge is 0.275 e. The van der Waals surface area contributed by atoms with Crippen molar-refractivity contribution in [1.29, 1.82) is 0 Å². The van der Waals surface area contributed by atoms with E-state index in [1.165, 1.54) is 19.9 Å². The van der Waals surface area contributed by atoms with Gasteiger partial charge in [0.25, 0.3) is 5.92 Å². The second-order valence-electron chi connectivity index (χ2n) is 5.01. The van der Waals surface area contributed by atoms with E-state index in [2.05, 4.69) is 0 Å². The molecule has 1 nitrogen and oxygen atoms in total. The first kappa shape index (κ1) is 11.5. The van der Waals surface area contributed by atoms with Crippen LogP contribution in [-0.2, 0) is 11.5 Å². The average Bonchev–Trinajstić information content (AvgIpc) is 2.98. The lowest BCUT2D eigenvalue weighted by molar-refractivity contribution is -0.0514. The summed E-state index contributed by atoms with van der Waals surface area (Å²) in [6.07, 6.45) is 1.79. The van der Waals surface area contributed by atoms with Crippen LogP contribution in [0.25, 0.3) is 0 Å². The van der Waals surface area contributed by atoms with E-state index < -0.39 is 11.8 Å². The largest absolute Gasteiger partial charge is 0.321 e. The van der Waals surface area contributed by atoms with E-state index in [-0.39, 0.29) is 11.1 Å². The van der Waals surface area contributed by atoms with E-state index in [0.717, 1.165) is 18.4 Å². The molecule has 0 atom stereocenters. The highest BCUT2D eigenvalue weighted by molar-refractivity contribution is 5.35. The Balaban J connectivity index is 2.36. The number of hydrogen-bond donors (Lipinski definition) is 1. The molecule has 0 amide bonds. The molecular formula is C13H17F2N. The Kier molecular flexibility index (Phi) is 2.54. The van der Waals surface area contributed by atoms with Crippen LogP contribution in [0.2, 0.25) is 0 Å². The van der Waals surface area contributed by atoms with Crippen LogP contribution in [0, 0.1) is 5.92 Å². The molecule has 88 valence electrons. The summed E-state index contributed by atoms with van der Waals surface area (Å²) in [7, 11) is 0. The first-order chi connectivity index (χ1) is 7.36. The van der Waals surface area contributed by atoms with Gasteiger partial charge in [-0.05, 0) is 24.5 Å². The summed E-state index contributed by atoms with van der Waals surface area (Å²) in [5.74, 6) is -3.47. The molecule has 0 heterocycles. The van der Waals surface area contributed by atoms with E-state index in [1.807, 2.05) is 6.07 Å². The highest BCUT2D eigenvalue weighted by atomic mass is 19.3.